The second-order valence-corrected chi connectivity index (χ2v) is 52.4. The van der Waals surface area contributed by atoms with Crippen LogP contribution in [-0.4, -0.2) is 153 Å². The fraction of sp³-hybridized carbons (Fsp3) is 0.884. The van der Waals surface area contributed by atoms with Crippen LogP contribution < -0.4 is 0 Å². The van der Waals surface area contributed by atoms with Crippen molar-refractivity contribution >= 4 is 56.6 Å². The summed E-state index contributed by atoms with van der Waals surface area (Å²) in [7, 11) is -9.24. The molecule has 1 aromatic heterocycles. The van der Waals surface area contributed by atoms with Gasteiger partial charge >= 0.3 is 23.1 Å². The summed E-state index contributed by atoms with van der Waals surface area (Å²) in [5.74, 6) is -1.83. The van der Waals surface area contributed by atoms with E-state index in [4.69, 9.17) is 60.2 Å². The number of carbonyl (C=O) groups excluding carboxylic acids is 1. The number of carbonyl (C=O) groups is 2. The summed E-state index contributed by atoms with van der Waals surface area (Å²) >= 11 is 1.19. The summed E-state index contributed by atoms with van der Waals surface area (Å²) in [5, 5.41) is 17.5. The maximum absolute atomic E-state index is 13.6. The summed E-state index contributed by atoms with van der Waals surface area (Å²) in [6.45, 7) is 51.8. The van der Waals surface area contributed by atoms with E-state index in [0.717, 1.165) is 55.5 Å². The largest absolute Gasteiger partial charge is 0.481 e. The molecule has 1 aromatic rings. The standard InChI is InChI=1S/C36H61NO7SSi2.C31H58O8Si2.C2H3N/c1-12-46(13-2,14-3)44-33-25(5)22-36(42-28(33)20-31(38)45-30-17-15-16-18-37-30)21-24(4)32-27(41-36)19-26-29(40-32)23-39-47(43-26,34(6,7)8)35(9,10)11;1-12-40(13-2,14-3)39-28-21(5)18-31(37-24(28)16-26(32)33)17-20(4)27-23(36-31)15-22-25(35-27)19-34-41(38-22,29(6,7)8)30(9,10)11;1-2-3/h15-18,24-29,32-33H,12-14,19-23H2,1-11H3;20-25,27-28H,12-19H2,1-11H3,(H,32,33);1H3/t24-,25-,26+,27-,28-,29+,32-,33-,36+;20-,21-,22+,23-,24-,25+,27-,28-,31+;/m00./s1. The fourth-order valence-corrected chi connectivity index (χ4v) is 34.0. The van der Waals surface area contributed by atoms with Crippen molar-refractivity contribution in [3.05, 3.63) is 24.4 Å². The Hall–Kier alpha value is -1.48. The molecule has 9 heterocycles. The van der Waals surface area contributed by atoms with Crippen LogP contribution in [0.1, 0.15) is 211 Å². The van der Waals surface area contributed by atoms with Crippen LogP contribution >= 0.6 is 11.8 Å². The van der Waals surface area contributed by atoms with Crippen LogP contribution in [0.5, 0.6) is 0 Å². The van der Waals surface area contributed by atoms with Gasteiger partial charge in [0, 0.05) is 78.2 Å². The molecule has 520 valence electrons. The van der Waals surface area contributed by atoms with Gasteiger partial charge in [-0.2, -0.15) is 5.26 Å². The topological polar surface area (TPSA) is 202 Å². The Labute approximate surface area is 557 Å². The van der Waals surface area contributed by atoms with E-state index >= 15 is 0 Å². The first kappa shape index (κ1) is 76.9. The van der Waals surface area contributed by atoms with Crippen LogP contribution in [0.4, 0.5) is 0 Å². The number of pyridine rings is 1. The summed E-state index contributed by atoms with van der Waals surface area (Å²) in [4.78, 5) is 30.0. The molecular formula is C69H122N2O15SSi4. The molecule has 91 heavy (non-hydrogen) atoms. The minimum Gasteiger partial charge on any atom is -0.481 e. The Kier molecular flexibility index (Phi) is 25.3. The van der Waals surface area contributed by atoms with Gasteiger partial charge in [0.05, 0.1) is 86.7 Å². The second-order valence-electron chi connectivity index (χ2n) is 32.4. The average Bonchev–Trinajstić information content (AvgIpc) is 0.738. The highest BCUT2D eigenvalue weighted by atomic mass is 32.2. The van der Waals surface area contributed by atoms with Gasteiger partial charge < -0.3 is 60.1 Å². The number of thioether (sulfide) groups is 1. The van der Waals surface area contributed by atoms with E-state index < -0.39 is 63.5 Å². The Balaban J connectivity index is 0.000000250. The van der Waals surface area contributed by atoms with Crippen LogP contribution in [-0.2, 0) is 64.6 Å². The lowest BCUT2D eigenvalue weighted by Crippen LogP contribution is -2.69. The zero-order valence-corrected chi connectivity index (χ0v) is 65.1. The predicted molar refractivity (Wildman–Crippen MR) is 366 cm³/mol. The van der Waals surface area contributed by atoms with E-state index in [1.807, 2.05) is 18.2 Å². The van der Waals surface area contributed by atoms with Crippen LogP contribution in [0, 0.1) is 35.0 Å². The van der Waals surface area contributed by atoms with E-state index in [9.17, 15) is 14.7 Å². The van der Waals surface area contributed by atoms with E-state index in [2.05, 4.69) is 157 Å². The molecule has 0 bridgehead atoms. The molecule has 8 aliphatic rings. The molecule has 9 rings (SSSR count). The number of hydrogen-bond donors (Lipinski definition) is 1. The third-order valence-electron chi connectivity index (χ3n) is 21.9. The van der Waals surface area contributed by atoms with Gasteiger partial charge in [0.2, 0.25) is 0 Å². The lowest BCUT2D eigenvalue weighted by Gasteiger charge is -2.60. The summed E-state index contributed by atoms with van der Waals surface area (Å²) in [6.07, 6.45) is 3.93. The van der Waals surface area contributed by atoms with E-state index in [-0.39, 0.29) is 123 Å². The first-order chi connectivity index (χ1) is 42.4. The van der Waals surface area contributed by atoms with Crippen molar-refractivity contribution in [2.75, 3.05) is 13.2 Å². The minimum atomic E-state index is -2.66. The lowest BCUT2D eigenvalue weighted by molar-refractivity contribution is -0.376. The van der Waals surface area contributed by atoms with Gasteiger partial charge in [-0.25, -0.2) is 4.98 Å². The molecule has 0 saturated carbocycles. The van der Waals surface area contributed by atoms with Gasteiger partial charge in [-0.3, -0.25) is 9.59 Å². The van der Waals surface area contributed by atoms with Crippen molar-refractivity contribution in [1.29, 1.82) is 5.26 Å². The first-order valence-corrected chi connectivity index (χ1v) is 44.5. The smallest absolute Gasteiger partial charge is 0.349 e. The highest BCUT2D eigenvalue weighted by Crippen LogP contribution is 2.59. The van der Waals surface area contributed by atoms with Gasteiger partial charge in [-0.15, -0.1) is 0 Å². The molecule has 8 aliphatic heterocycles. The number of hydrogen-bond acceptors (Lipinski definition) is 17. The van der Waals surface area contributed by atoms with Gasteiger partial charge in [-0.05, 0) is 83.8 Å². The monoisotopic (exact) mass is 1360 g/mol. The Morgan fingerprint density at radius 2 is 0.956 bits per heavy atom. The number of rotatable bonds is 15. The summed E-state index contributed by atoms with van der Waals surface area (Å²) < 4.78 is 83.1. The molecule has 0 aliphatic carbocycles. The molecule has 0 amide bonds. The summed E-state index contributed by atoms with van der Waals surface area (Å²) in [5.41, 5.74) is 0. The van der Waals surface area contributed by atoms with Crippen molar-refractivity contribution in [2.45, 2.75) is 357 Å². The van der Waals surface area contributed by atoms with Crippen molar-refractivity contribution in [2.24, 2.45) is 23.7 Å². The molecular weight excluding hydrogens is 1240 g/mol. The fourth-order valence-electron chi connectivity index (χ4n) is 17.5. The highest BCUT2D eigenvalue weighted by molar-refractivity contribution is 8.13. The van der Waals surface area contributed by atoms with E-state index in [1.165, 1.54) is 18.7 Å². The first-order valence-electron chi connectivity index (χ1n) is 35.0. The minimum absolute atomic E-state index is 0.0372. The zero-order chi connectivity index (χ0) is 67.7. The summed E-state index contributed by atoms with van der Waals surface area (Å²) in [6, 6.07) is 13.6. The molecule has 18 atom stereocenters. The normalized spacial score (nSPS) is 36.6. The van der Waals surface area contributed by atoms with Crippen molar-refractivity contribution in [3.8, 4) is 6.07 Å². The van der Waals surface area contributed by atoms with Gasteiger partial charge in [0.1, 0.15) is 17.2 Å². The Morgan fingerprint density at radius 1 is 0.593 bits per heavy atom. The third kappa shape index (κ3) is 16.5. The Bertz CT molecular complexity index is 2540. The molecule has 8 fully saturated rings. The predicted octanol–water partition coefficient (Wildman–Crippen LogP) is 16.2. The lowest BCUT2D eigenvalue weighted by atomic mass is 9.78. The average molecular weight is 1360 g/mol. The number of carboxylic acids is 1. The quantitative estimate of drug-likeness (QED) is 0.128. The number of nitriles is 1. The molecule has 8 saturated heterocycles. The molecule has 0 radical (unpaired) electrons. The van der Waals surface area contributed by atoms with Crippen molar-refractivity contribution in [3.63, 3.8) is 0 Å². The molecule has 17 nitrogen and oxygen atoms in total. The molecule has 22 heteroatoms. The Morgan fingerprint density at radius 3 is 1.29 bits per heavy atom. The molecule has 0 unspecified atom stereocenters. The second kappa shape index (κ2) is 29.9. The number of aliphatic carboxylic acids is 1. The molecule has 0 aromatic carbocycles. The van der Waals surface area contributed by atoms with E-state index in [0.29, 0.717) is 37.5 Å². The molecule has 1 N–H and O–H groups in total. The van der Waals surface area contributed by atoms with Gasteiger partial charge in [-0.1, -0.05) is 158 Å². The van der Waals surface area contributed by atoms with Crippen LogP contribution in [0.2, 0.25) is 56.4 Å². The van der Waals surface area contributed by atoms with Crippen LogP contribution in [0.3, 0.4) is 0 Å². The number of ether oxygens (including phenoxy) is 6. The maximum atomic E-state index is 13.6. The number of nitrogens with zero attached hydrogens (tertiary/aromatic N) is 2. The third-order valence-corrected chi connectivity index (χ3v) is 42.3. The SMILES string of the molecule is CC#N.CC[Si](CC)(CC)O[C@@H]1[C@H](CC(=O)O)O[C@]2(C[C@H](C)[C@@H]3O[C@@H]4CO[Si](C(C)(C)C)(C(C)(C)C)O[C@@H]4C[C@@H]3O2)C[C@@H]1C.CC[Si](CC)(CC)O[C@@H]1[C@H](CC(=O)Sc2ccccn2)O[C@]2(C[C@H](C)[C@@H]3O[C@@H]4CO[Si](C(C)(C)C)(C(C)(C)C)O[C@@H]4C[C@@H]3O2)C[C@@H]1C. The van der Waals surface area contributed by atoms with Crippen LogP contribution in [0.15, 0.2) is 29.4 Å². The highest BCUT2D eigenvalue weighted by Gasteiger charge is 2.67. The van der Waals surface area contributed by atoms with Crippen molar-refractivity contribution in [1.82, 2.24) is 4.98 Å². The van der Waals surface area contributed by atoms with Gasteiger partial charge in [0.15, 0.2) is 33.3 Å². The molecule has 2 spiro atoms. The number of aromatic nitrogens is 1. The number of carboxylic acid groups (broad SMARTS) is 1. The van der Waals surface area contributed by atoms with Gasteiger partial charge in [0.25, 0.3) is 0 Å². The van der Waals surface area contributed by atoms with Crippen LogP contribution in [0.25, 0.3) is 0 Å². The van der Waals surface area contributed by atoms with E-state index in [1.54, 1.807) is 12.3 Å². The van der Waals surface area contributed by atoms with Crippen molar-refractivity contribution < 1.29 is 69.7 Å². The number of fused-ring (bicyclic) bond motifs is 4. The zero-order valence-electron chi connectivity index (χ0n) is 60.3. The maximum Gasteiger partial charge on any atom is 0.349 e.